The van der Waals surface area contributed by atoms with Gasteiger partial charge in [0.2, 0.25) is 0 Å². The van der Waals surface area contributed by atoms with Crippen LogP contribution in [0.3, 0.4) is 0 Å². The molecule has 0 heterocycles. The average Bonchev–Trinajstić information content (AvgIpc) is 3.36. The second-order valence-electron chi connectivity index (χ2n) is 21.0. The molecule has 0 rings (SSSR count). The first-order valence-electron chi connectivity index (χ1n) is 31.0. The van der Waals surface area contributed by atoms with E-state index in [-0.39, 0.29) is 31.1 Å². The van der Waals surface area contributed by atoms with Gasteiger partial charge >= 0.3 is 17.9 Å². The summed E-state index contributed by atoms with van der Waals surface area (Å²) in [5.41, 5.74) is 0. The lowest BCUT2D eigenvalue weighted by Gasteiger charge is -2.18. The SMILES string of the molecule is CC/C=C\C/C=C\C/C=C\CCCCCC(=O)OC(COC(=O)CCCCCCCC)COC(=O)CCCCCCCCCCCCCCCCCCCCCCCCCCCCCCCCCCC. The first-order chi connectivity index (χ1) is 34.5. The first kappa shape index (κ1) is 67.6. The van der Waals surface area contributed by atoms with Gasteiger partial charge in [-0.05, 0) is 51.4 Å². The van der Waals surface area contributed by atoms with Crippen molar-refractivity contribution in [2.45, 2.75) is 341 Å². The van der Waals surface area contributed by atoms with Gasteiger partial charge in [-0.1, -0.05) is 301 Å². The van der Waals surface area contributed by atoms with Gasteiger partial charge in [-0.15, -0.1) is 0 Å². The van der Waals surface area contributed by atoms with E-state index >= 15 is 0 Å². The molecule has 6 heteroatoms. The predicted octanol–water partition coefficient (Wildman–Crippen LogP) is 20.8. The molecule has 0 bridgehead atoms. The number of rotatable bonds is 57. The molecule has 1 unspecified atom stereocenters. The molecule has 0 aromatic heterocycles. The number of carbonyl (C=O) groups is 3. The molecule has 0 saturated heterocycles. The minimum Gasteiger partial charge on any atom is -0.462 e. The van der Waals surface area contributed by atoms with E-state index in [9.17, 15) is 14.4 Å². The van der Waals surface area contributed by atoms with Gasteiger partial charge in [0.15, 0.2) is 6.10 Å². The Bertz CT molecular complexity index is 1170. The van der Waals surface area contributed by atoms with Crippen LogP contribution < -0.4 is 0 Å². The van der Waals surface area contributed by atoms with Crippen molar-refractivity contribution in [2.24, 2.45) is 0 Å². The summed E-state index contributed by atoms with van der Waals surface area (Å²) < 4.78 is 16.7. The van der Waals surface area contributed by atoms with Crippen LogP contribution in [-0.2, 0) is 28.6 Å². The maximum Gasteiger partial charge on any atom is 0.306 e. The lowest BCUT2D eigenvalue weighted by atomic mass is 10.0. The molecule has 6 nitrogen and oxygen atoms in total. The van der Waals surface area contributed by atoms with E-state index in [1.54, 1.807) is 0 Å². The lowest BCUT2D eigenvalue weighted by Crippen LogP contribution is -2.30. The van der Waals surface area contributed by atoms with E-state index in [1.807, 2.05) is 0 Å². The molecule has 0 radical (unpaired) electrons. The zero-order chi connectivity index (χ0) is 50.7. The molecule has 0 aromatic carbocycles. The van der Waals surface area contributed by atoms with Crippen LogP contribution in [-0.4, -0.2) is 37.2 Å². The summed E-state index contributed by atoms with van der Waals surface area (Å²) >= 11 is 0. The summed E-state index contributed by atoms with van der Waals surface area (Å²) in [4.78, 5) is 37.8. The molecule has 0 spiro atoms. The number of hydrogen-bond donors (Lipinski definition) is 0. The monoisotopic (exact) mass is 983 g/mol. The molecule has 1 atom stereocenters. The van der Waals surface area contributed by atoms with E-state index in [0.29, 0.717) is 19.3 Å². The largest absolute Gasteiger partial charge is 0.462 e. The van der Waals surface area contributed by atoms with Crippen LogP contribution in [0.15, 0.2) is 36.5 Å². The Morgan fingerprint density at radius 3 is 0.871 bits per heavy atom. The van der Waals surface area contributed by atoms with Crippen LogP contribution in [0.25, 0.3) is 0 Å². The second-order valence-corrected chi connectivity index (χ2v) is 21.0. The van der Waals surface area contributed by atoms with Crippen molar-refractivity contribution in [1.29, 1.82) is 0 Å². The Hall–Kier alpha value is -2.37. The predicted molar refractivity (Wildman–Crippen MR) is 302 cm³/mol. The van der Waals surface area contributed by atoms with Crippen LogP contribution in [0.4, 0.5) is 0 Å². The molecule has 0 aliphatic carbocycles. The molecule has 0 N–H and O–H groups in total. The molecule has 0 aromatic rings. The van der Waals surface area contributed by atoms with E-state index in [1.165, 1.54) is 212 Å². The topological polar surface area (TPSA) is 78.9 Å². The quantitative estimate of drug-likeness (QED) is 0.0261. The molecule has 0 fully saturated rings. The van der Waals surface area contributed by atoms with Gasteiger partial charge in [0, 0.05) is 19.3 Å². The Morgan fingerprint density at radius 2 is 0.557 bits per heavy atom. The van der Waals surface area contributed by atoms with Crippen LogP contribution in [0.5, 0.6) is 0 Å². The standard InChI is InChI=1S/C64H118O6/c1-4-7-10-13-16-18-20-22-23-24-25-26-27-28-29-30-31-32-33-34-35-36-37-38-39-40-41-43-44-46-48-51-54-57-63(66)69-60-61(59-68-62(65)56-53-50-15-12-9-6-3)70-64(67)58-55-52-49-47-45-42-21-19-17-14-11-8-5-2/h8,11,17,19,42,45,61H,4-7,9-10,12-16,18,20-41,43-44,46-60H2,1-3H3/b11-8-,19-17-,45-42-. The summed E-state index contributed by atoms with van der Waals surface area (Å²) in [6, 6.07) is 0. The summed E-state index contributed by atoms with van der Waals surface area (Å²) in [7, 11) is 0. The van der Waals surface area contributed by atoms with Crippen molar-refractivity contribution in [3.05, 3.63) is 36.5 Å². The number of hydrogen-bond acceptors (Lipinski definition) is 6. The van der Waals surface area contributed by atoms with Crippen molar-refractivity contribution >= 4 is 17.9 Å². The zero-order valence-electron chi connectivity index (χ0n) is 47.1. The number of carbonyl (C=O) groups excluding carboxylic acids is 3. The number of esters is 3. The highest BCUT2D eigenvalue weighted by molar-refractivity contribution is 5.71. The van der Waals surface area contributed by atoms with Gasteiger partial charge in [-0.25, -0.2) is 0 Å². The van der Waals surface area contributed by atoms with Gasteiger partial charge < -0.3 is 14.2 Å². The molecule has 0 amide bonds. The second kappa shape index (κ2) is 59.2. The highest BCUT2D eigenvalue weighted by atomic mass is 16.6. The molecular weight excluding hydrogens is 865 g/mol. The van der Waals surface area contributed by atoms with E-state index in [4.69, 9.17) is 14.2 Å². The van der Waals surface area contributed by atoms with Crippen molar-refractivity contribution in [3.63, 3.8) is 0 Å². The summed E-state index contributed by atoms with van der Waals surface area (Å²) in [6.07, 6.45) is 72.3. The Balaban J connectivity index is 3.88. The maximum atomic E-state index is 12.7. The number of allylic oxidation sites excluding steroid dienone is 6. The van der Waals surface area contributed by atoms with Crippen molar-refractivity contribution < 1.29 is 28.6 Å². The normalized spacial score (nSPS) is 12.2. The molecule has 0 aliphatic heterocycles. The number of ether oxygens (including phenoxy) is 3. The third-order valence-corrected chi connectivity index (χ3v) is 13.9. The van der Waals surface area contributed by atoms with E-state index < -0.39 is 6.10 Å². The maximum absolute atomic E-state index is 12.7. The molecule has 410 valence electrons. The fourth-order valence-electron chi connectivity index (χ4n) is 9.28. The molecule has 0 aliphatic rings. The average molecular weight is 984 g/mol. The van der Waals surface area contributed by atoms with E-state index in [2.05, 4.69) is 57.2 Å². The Kier molecular flexibility index (Phi) is 57.2. The fourth-order valence-corrected chi connectivity index (χ4v) is 9.28. The molecule has 70 heavy (non-hydrogen) atoms. The highest BCUT2D eigenvalue weighted by Gasteiger charge is 2.19. The number of unbranched alkanes of at least 4 members (excludes halogenated alkanes) is 40. The van der Waals surface area contributed by atoms with Crippen LogP contribution >= 0.6 is 0 Å². The first-order valence-corrected chi connectivity index (χ1v) is 31.0. The molecule has 0 saturated carbocycles. The minimum atomic E-state index is -0.781. The van der Waals surface area contributed by atoms with Crippen molar-refractivity contribution in [3.8, 4) is 0 Å². The molecular formula is C64H118O6. The van der Waals surface area contributed by atoms with Gasteiger partial charge in [-0.2, -0.15) is 0 Å². The van der Waals surface area contributed by atoms with Crippen LogP contribution in [0, 0.1) is 0 Å². The minimum absolute atomic E-state index is 0.0807. The smallest absolute Gasteiger partial charge is 0.306 e. The van der Waals surface area contributed by atoms with E-state index in [0.717, 1.165) is 83.5 Å². The van der Waals surface area contributed by atoms with Gasteiger partial charge in [0.1, 0.15) is 13.2 Å². The lowest BCUT2D eigenvalue weighted by molar-refractivity contribution is -0.167. The van der Waals surface area contributed by atoms with Gasteiger partial charge in [0.25, 0.3) is 0 Å². The summed E-state index contributed by atoms with van der Waals surface area (Å²) in [6.45, 7) is 6.48. The van der Waals surface area contributed by atoms with Gasteiger partial charge in [-0.3, -0.25) is 14.4 Å². The summed E-state index contributed by atoms with van der Waals surface area (Å²) in [5, 5.41) is 0. The van der Waals surface area contributed by atoms with Crippen LogP contribution in [0.1, 0.15) is 335 Å². The zero-order valence-corrected chi connectivity index (χ0v) is 47.1. The van der Waals surface area contributed by atoms with Crippen LogP contribution in [0.2, 0.25) is 0 Å². The third-order valence-electron chi connectivity index (χ3n) is 13.9. The Labute approximate surface area is 435 Å². The fraction of sp³-hybridized carbons (Fsp3) is 0.859. The third kappa shape index (κ3) is 56.5. The Morgan fingerprint density at radius 1 is 0.300 bits per heavy atom. The van der Waals surface area contributed by atoms with Crippen molar-refractivity contribution in [1.82, 2.24) is 0 Å². The van der Waals surface area contributed by atoms with Crippen molar-refractivity contribution in [2.75, 3.05) is 13.2 Å². The van der Waals surface area contributed by atoms with Gasteiger partial charge in [0.05, 0.1) is 0 Å². The summed E-state index contributed by atoms with van der Waals surface area (Å²) in [5.74, 6) is -0.907. The highest BCUT2D eigenvalue weighted by Crippen LogP contribution is 2.18.